The van der Waals surface area contributed by atoms with E-state index in [4.69, 9.17) is 11.6 Å². The number of hydrogen-bond donors (Lipinski definition) is 0. The molecule has 0 aliphatic carbocycles. The Kier molecular flexibility index (Phi) is 3.21. The molecule has 4 heteroatoms. The van der Waals surface area contributed by atoms with Crippen LogP contribution in [0, 0.1) is 10.5 Å². The van der Waals surface area contributed by atoms with Gasteiger partial charge in [-0.2, -0.15) is 0 Å². The summed E-state index contributed by atoms with van der Waals surface area (Å²) in [5.74, 6) is 0. The molecule has 0 aliphatic rings. The molecule has 0 atom stereocenters. The van der Waals surface area contributed by atoms with Gasteiger partial charge in [-0.1, -0.05) is 17.7 Å². The molecule has 0 fully saturated rings. The Balaban J connectivity index is 2.50. The van der Waals surface area contributed by atoms with Gasteiger partial charge in [0.1, 0.15) is 0 Å². The summed E-state index contributed by atoms with van der Waals surface area (Å²) in [6, 6.07) is 5.88. The summed E-state index contributed by atoms with van der Waals surface area (Å²) in [6.45, 7) is 1.92. The molecule has 0 radical (unpaired) electrons. The minimum absolute atomic E-state index is 0.747. The average molecular weight is 331 g/mol. The lowest BCUT2D eigenvalue weighted by Gasteiger charge is -2.03. The van der Waals surface area contributed by atoms with Crippen LogP contribution in [0.3, 0.4) is 0 Å². The molecule has 0 unspecified atom stereocenters. The molecule has 76 valence electrons. The third kappa shape index (κ3) is 2.46. The first-order valence-corrected chi connectivity index (χ1v) is 5.86. The van der Waals surface area contributed by atoms with E-state index in [9.17, 15) is 0 Å². The zero-order valence-electron chi connectivity index (χ0n) is 8.04. The second-order valence-electron chi connectivity index (χ2n) is 3.17. The summed E-state index contributed by atoms with van der Waals surface area (Å²) < 4.78 is 1.04. The van der Waals surface area contributed by atoms with E-state index in [-0.39, 0.29) is 0 Å². The van der Waals surface area contributed by atoms with Crippen LogP contribution in [-0.4, -0.2) is 9.97 Å². The number of halogens is 2. The van der Waals surface area contributed by atoms with Crippen LogP contribution in [0.4, 0.5) is 0 Å². The van der Waals surface area contributed by atoms with Crippen molar-refractivity contribution in [1.82, 2.24) is 9.97 Å². The zero-order valence-corrected chi connectivity index (χ0v) is 11.0. The third-order valence-corrected chi connectivity index (χ3v) is 3.54. The highest BCUT2D eigenvalue weighted by Gasteiger charge is 2.03. The fraction of sp³-hybridized carbons (Fsp3) is 0.0909. The maximum Gasteiger partial charge on any atom is 0.0888 e. The van der Waals surface area contributed by atoms with Gasteiger partial charge < -0.3 is 0 Å². The van der Waals surface area contributed by atoms with E-state index >= 15 is 0 Å². The number of nitrogens with zero attached hydrogens (tertiary/aromatic N) is 2. The van der Waals surface area contributed by atoms with Crippen molar-refractivity contribution in [2.45, 2.75) is 6.92 Å². The maximum atomic E-state index is 6.05. The quantitative estimate of drug-likeness (QED) is 0.745. The fourth-order valence-corrected chi connectivity index (χ4v) is 1.77. The first-order valence-electron chi connectivity index (χ1n) is 4.41. The lowest BCUT2D eigenvalue weighted by molar-refractivity contribution is 1.12. The Bertz CT molecular complexity index is 500. The molecular weight excluding hydrogens is 322 g/mol. The number of hydrogen-bond acceptors (Lipinski definition) is 2. The molecule has 1 aromatic heterocycles. The van der Waals surface area contributed by atoms with E-state index in [1.165, 1.54) is 0 Å². The molecule has 0 N–H and O–H groups in total. The van der Waals surface area contributed by atoms with Crippen LogP contribution in [0.2, 0.25) is 5.02 Å². The van der Waals surface area contributed by atoms with Crippen molar-refractivity contribution in [3.8, 4) is 11.3 Å². The van der Waals surface area contributed by atoms with Crippen molar-refractivity contribution in [2.75, 3.05) is 0 Å². The van der Waals surface area contributed by atoms with Crippen molar-refractivity contribution in [2.24, 2.45) is 0 Å². The largest absolute Gasteiger partial charge is 0.261 e. The van der Waals surface area contributed by atoms with Crippen molar-refractivity contribution >= 4 is 34.2 Å². The third-order valence-electron chi connectivity index (χ3n) is 1.97. The predicted molar refractivity (Wildman–Crippen MR) is 69.9 cm³/mol. The smallest absolute Gasteiger partial charge is 0.0888 e. The maximum absolute atomic E-state index is 6.05. The SMILES string of the molecule is Cc1cncc(-c2ccc(I)c(Cl)c2)n1. The summed E-state index contributed by atoms with van der Waals surface area (Å²) >= 11 is 8.25. The Morgan fingerprint density at radius 3 is 2.73 bits per heavy atom. The van der Waals surface area contributed by atoms with Crippen molar-refractivity contribution in [3.05, 3.63) is 44.9 Å². The fourth-order valence-electron chi connectivity index (χ4n) is 1.26. The first-order chi connectivity index (χ1) is 7.16. The van der Waals surface area contributed by atoms with Crippen LogP contribution >= 0.6 is 34.2 Å². The predicted octanol–water partition coefficient (Wildman–Crippen LogP) is 3.71. The summed E-state index contributed by atoms with van der Waals surface area (Å²) in [4.78, 5) is 8.50. The van der Waals surface area contributed by atoms with Crippen molar-refractivity contribution in [3.63, 3.8) is 0 Å². The first kappa shape index (κ1) is 10.8. The molecule has 1 heterocycles. The molecule has 2 aromatic rings. The highest BCUT2D eigenvalue weighted by atomic mass is 127. The van der Waals surface area contributed by atoms with E-state index in [0.29, 0.717) is 0 Å². The van der Waals surface area contributed by atoms with E-state index in [0.717, 1.165) is 25.5 Å². The van der Waals surface area contributed by atoms with Crippen LogP contribution in [0.25, 0.3) is 11.3 Å². The van der Waals surface area contributed by atoms with Crippen LogP contribution < -0.4 is 0 Å². The van der Waals surface area contributed by atoms with Gasteiger partial charge in [0.15, 0.2) is 0 Å². The van der Waals surface area contributed by atoms with Gasteiger partial charge in [-0.15, -0.1) is 0 Å². The molecule has 0 saturated carbocycles. The topological polar surface area (TPSA) is 25.8 Å². The summed E-state index contributed by atoms with van der Waals surface area (Å²) in [6.07, 6.45) is 3.48. The van der Waals surface area contributed by atoms with Gasteiger partial charge in [0, 0.05) is 15.3 Å². The minimum atomic E-state index is 0.747. The molecule has 2 rings (SSSR count). The van der Waals surface area contributed by atoms with Gasteiger partial charge in [0.2, 0.25) is 0 Å². The van der Waals surface area contributed by atoms with Crippen LogP contribution in [0.1, 0.15) is 5.69 Å². The molecule has 0 spiro atoms. The van der Waals surface area contributed by atoms with Crippen molar-refractivity contribution < 1.29 is 0 Å². The average Bonchev–Trinajstić information content (AvgIpc) is 2.22. The van der Waals surface area contributed by atoms with Gasteiger partial charge in [0.25, 0.3) is 0 Å². The number of rotatable bonds is 1. The van der Waals surface area contributed by atoms with Crippen LogP contribution in [0.5, 0.6) is 0 Å². The second-order valence-corrected chi connectivity index (χ2v) is 4.74. The second kappa shape index (κ2) is 4.45. The van der Waals surface area contributed by atoms with Gasteiger partial charge in [-0.25, -0.2) is 4.98 Å². The highest BCUT2D eigenvalue weighted by Crippen LogP contribution is 2.24. The number of benzene rings is 1. The molecule has 0 amide bonds. The lowest BCUT2D eigenvalue weighted by atomic mass is 10.1. The molecule has 0 bridgehead atoms. The van der Waals surface area contributed by atoms with Crippen molar-refractivity contribution in [1.29, 1.82) is 0 Å². The van der Waals surface area contributed by atoms with E-state index in [1.54, 1.807) is 12.4 Å². The molecule has 2 nitrogen and oxygen atoms in total. The summed E-state index contributed by atoms with van der Waals surface area (Å²) in [5.41, 5.74) is 2.76. The molecule has 0 saturated heterocycles. The van der Waals surface area contributed by atoms with Crippen LogP contribution in [-0.2, 0) is 0 Å². The molecule has 1 aromatic carbocycles. The van der Waals surface area contributed by atoms with Crippen LogP contribution in [0.15, 0.2) is 30.6 Å². The van der Waals surface area contributed by atoms with E-state index < -0.39 is 0 Å². The lowest BCUT2D eigenvalue weighted by Crippen LogP contribution is -1.89. The zero-order chi connectivity index (χ0) is 10.8. The standard InChI is InChI=1S/C11H8ClIN2/c1-7-5-14-6-11(15-7)8-2-3-10(13)9(12)4-8/h2-6H,1H3. The Morgan fingerprint density at radius 2 is 2.07 bits per heavy atom. The summed E-state index contributed by atoms with van der Waals surface area (Å²) in [7, 11) is 0. The summed E-state index contributed by atoms with van der Waals surface area (Å²) in [5, 5.41) is 0.747. The molecule has 0 aliphatic heterocycles. The molecular formula is C11H8ClIN2. The number of aromatic nitrogens is 2. The van der Waals surface area contributed by atoms with Gasteiger partial charge in [0.05, 0.1) is 22.6 Å². The molecule has 15 heavy (non-hydrogen) atoms. The normalized spacial score (nSPS) is 10.3. The van der Waals surface area contributed by atoms with E-state index in [1.807, 2.05) is 25.1 Å². The minimum Gasteiger partial charge on any atom is -0.261 e. The Morgan fingerprint density at radius 1 is 1.27 bits per heavy atom. The highest BCUT2D eigenvalue weighted by molar-refractivity contribution is 14.1. The Labute approximate surface area is 107 Å². The monoisotopic (exact) mass is 330 g/mol. The Hall–Kier alpha value is -0.680. The van der Waals surface area contributed by atoms with E-state index in [2.05, 4.69) is 32.6 Å². The van der Waals surface area contributed by atoms with Gasteiger partial charge >= 0.3 is 0 Å². The van der Waals surface area contributed by atoms with Gasteiger partial charge in [-0.3, -0.25) is 4.98 Å². The number of aryl methyl sites for hydroxylation is 1. The van der Waals surface area contributed by atoms with Gasteiger partial charge in [-0.05, 0) is 41.6 Å².